The van der Waals surface area contributed by atoms with Crippen LogP contribution in [-0.4, -0.2) is 20.5 Å². The fraction of sp³-hybridized carbons (Fsp3) is 0.0370. The van der Waals surface area contributed by atoms with Crippen molar-refractivity contribution in [3.8, 4) is 5.75 Å². The highest BCUT2D eigenvalue weighted by Gasteiger charge is 2.18. The number of halogens is 2. The Balaban J connectivity index is 1.48. The lowest BCUT2D eigenvalue weighted by atomic mass is 10.2. The molecule has 10 heteroatoms. The Hall–Kier alpha value is -3.66. The number of nitrogens with one attached hydrogen (secondary N) is 2. The number of ether oxygens (including phenoxy) is 1. The number of para-hydroxylation sites is 1. The molecule has 0 radical (unpaired) electrons. The van der Waals surface area contributed by atoms with Crippen molar-refractivity contribution in [2.75, 3.05) is 4.72 Å². The summed E-state index contributed by atoms with van der Waals surface area (Å²) >= 11 is 9.29. The van der Waals surface area contributed by atoms with E-state index in [2.05, 4.69) is 31.2 Å². The van der Waals surface area contributed by atoms with Crippen molar-refractivity contribution < 1.29 is 17.9 Å². The lowest BCUT2D eigenvalue weighted by Crippen LogP contribution is -2.21. The van der Waals surface area contributed by atoms with Gasteiger partial charge in [0.15, 0.2) is 0 Å². The average Bonchev–Trinajstić information content (AvgIpc) is 2.89. The van der Waals surface area contributed by atoms with Gasteiger partial charge in [-0.05, 0) is 60.2 Å². The molecule has 4 aromatic carbocycles. The first kappa shape index (κ1) is 26.4. The minimum atomic E-state index is -3.94. The van der Waals surface area contributed by atoms with E-state index in [0.29, 0.717) is 22.9 Å². The van der Waals surface area contributed by atoms with Gasteiger partial charge in [-0.15, -0.1) is 0 Å². The third kappa shape index (κ3) is 7.19. The summed E-state index contributed by atoms with van der Waals surface area (Å²) in [5.41, 5.74) is 4.32. The summed E-state index contributed by atoms with van der Waals surface area (Å²) in [5.74, 6) is -0.00594. The summed E-state index contributed by atoms with van der Waals surface area (Å²) in [6, 6.07) is 27.2. The topological polar surface area (TPSA) is 96.9 Å². The molecule has 0 saturated heterocycles. The van der Waals surface area contributed by atoms with E-state index in [4.69, 9.17) is 16.3 Å². The lowest BCUT2D eigenvalue weighted by Gasteiger charge is -2.12. The molecule has 0 fully saturated rings. The van der Waals surface area contributed by atoms with Crippen LogP contribution in [0.3, 0.4) is 0 Å². The van der Waals surface area contributed by atoms with E-state index < -0.39 is 15.9 Å². The summed E-state index contributed by atoms with van der Waals surface area (Å²) in [6.45, 7) is 0.372. The summed E-state index contributed by atoms with van der Waals surface area (Å²) in [7, 11) is -3.94. The molecule has 2 N–H and O–H groups in total. The van der Waals surface area contributed by atoms with Crippen molar-refractivity contribution in [2.45, 2.75) is 11.5 Å². The molecule has 37 heavy (non-hydrogen) atoms. The van der Waals surface area contributed by atoms with Crippen LogP contribution >= 0.6 is 27.5 Å². The highest BCUT2D eigenvalue weighted by atomic mass is 79.9. The fourth-order valence-electron chi connectivity index (χ4n) is 3.30. The van der Waals surface area contributed by atoms with Gasteiger partial charge in [0.1, 0.15) is 12.4 Å². The quantitative estimate of drug-likeness (QED) is 0.176. The summed E-state index contributed by atoms with van der Waals surface area (Å²) in [5, 5.41) is 4.48. The highest BCUT2D eigenvalue weighted by molar-refractivity contribution is 9.10. The number of benzene rings is 4. The van der Waals surface area contributed by atoms with Crippen LogP contribution in [0.25, 0.3) is 0 Å². The molecule has 0 unspecified atom stereocenters. The molecule has 0 bridgehead atoms. The van der Waals surface area contributed by atoms with Crippen molar-refractivity contribution in [1.29, 1.82) is 0 Å². The molecule has 0 aliphatic carbocycles. The van der Waals surface area contributed by atoms with Gasteiger partial charge in [-0.3, -0.25) is 9.52 Å². The largest absolute Gasteiger partial charge is 0.488 e. The maximum Gasteiger partial charge on any atom is 0.273 e. The molecule has 4 rings (SSSR count). The van der Waals surface area contributed by atoms with Crippen molar-refractivity contribution in [1.82, 2.24) is 5.43 Å². The first-order chi connectivity index (χ1) is 17.8. The second-order valence-electron chi connectivity index (χ2n) is 7.76. The second-order valence-corrected chi connectivity index (χ2v) is 10.8. The third-order valence-corrected chi connectivity index (χ3v) is 7.25. The molecule has 0 aliphatic heterocycles. The number of carbonyl (C=O) groups is 1. The molecular formula is C27H21BrClN3O4S. The molecule has 7 nitrogen and oxygen atoms in total. The first-order valence-electron chi connectivity index (χ1n) is 11.0. The van der Waals surface area contributed by atoms with E-state index in [9.17, 15) is 13.2 Å². The Morgan fingerprint density at radius 2 is 1.65 bits per heavy atom. The standard InChI is InChI=1S/C27H21BrClN3O4S/c28-21-10-15-26(36-18-19-6-2-1-3-7-19)20(16-21)17-30-31-27(33)24-8-4-5-9-25(24)32-37(34,35)23-13-11-22(29)12-14-23/h1-17,32H,18H2,(H,31,33)/b30-17-. The van der Waals surface area contributed by atoms with Gasteiger partial charge in [0.25, 0.3) is 15.9 Å². The Kier molecular flexibility index (Phi) is 8.60. The van der Waals surface area contributed by atoms with Gasteiger partial charge in [0, 0.05) is 15.1 Å². The molecule has 0 aliphatic rings. The smallest absolute Gasteiger partial charge is 0.273 e. The van der Waals surface area contributed by atoms with E-state index in [1.165, 1.54) is 42.6 Å². The minimum absolute atomic E-state index is 0.0165. The first-order valence-corrected chi connectivity index (χ1v) is 13.6. The van der Waals surface area contributed by atoms with E-state index in [1.54, 1.807) is 18.2 Å². The molecular weight excluding hydrogens is 578 g/mol. The highest BCUT2D eigenvalue weighted by Crippen LogP contribution is 2.24. The molecule has 0 atom stereocenters. The second kappa shape index (κ2) is 12.1. The Labute approximate surface area is 228 Å². The zero-order chi connectivity index (χ0) is 26.3. The summed E-state index contributed by atoms with van der Waals surface area (Å²) in [4.78, 5) is 12.9. The van der Waals surface area contributed by atoms with Crippen LogP contribution in [0.2, 0.25) is 5.02 Å². The van der Waals surface area contributed by atoms with Crippen LogP contribution in [0.1, 0.15) is 21.5 Å². The molecule has 0 heterocycles. The normalized spacial score (nSPS) is 11.3. The van der Waals surface area contributed by atoms with Gasteiger partial charge >= 0.3 is 0 Å². The number of sulfonamides is 1. The fourth-order valence-corrected chi connectivity index (χ4v) is 4.88. The van der Waals surface area contributed by atoms with Crippen LogP contribution < -0.4 is 14.9 Å². The summed E-state index contributed by atoms with van der Waals surface area (Å²) in [6.07, 6.45) is 1.46. The zero-order valence-electron chi connectivity index (χ0n) is 19.3. The zero-order valence-corrected chi connectivity index (χ0v) is 22.4. The van der Waals surface area contributed by atoms with Gasteiger partial charge in [-0.25, -0.2) is 13.8 Å². The van der Waals surface area contributed by atoms with E-state index in [1.807, 2.05) is 42.5 Å². The number of rotatable bonds is 9. The van der Waals surface area contributed by atoms with Gasteiger partial charge < -0.3 is 4.74 Å². The van der Waals surface area contributed by atoms with Crippen molar-refractivity contribution >= 4 is 55.4 Å². The van der Waals surface area contributed by atoms with Gasteiger partial charge in [-0.1, -0.05) is 70.0 Å². The lowest BCUT2D eigenvalue weighted by molar-refractivity contribution is 0.0956. The predicted octanol–water partition coefficient (Wildman–Crippen LogP) is 6.25. The van der Waals surface area contributed by atoms with Crippen LogP contribution in [0.5, 0.6) is 5.75 Å². The molecule has 1 amide bonds. The minimum Gasteiger partial charge on any atom is -0.488 e. The van der Waals surface area contributed by atoms with Crippen molar-refractivity contribution in [2.24, 2.45) is 5.10 Å². The number of carbonyl (C=O) groups excluding carboxylic acids is 1. The SMILES string of the molecule is O=C(N/N=C\c1cc(Br)ccc1OCc1ccccc1)c1ccccc1NS(=O)(=O)c1ccc(Cl)cc1. The van der Waals surface area contributed by atoms with Crippen LogP contribution in [-0.2, 0) is 16.6 Å². The summed E-state index contributed by atoms with van der Waals surface area (Å²) < 4.78 is 34.8. The maximum atomic E-state index is 12.9. The Bertz CT molecular complexity index is 1530. The maximum absolute atomic E-state index is 12.9. The van der Waals surface area contributed by atoms with Gasteiger partial charge in [0.05, 0.1) is 22.4 Å². The molecule has 0 saturated carbocycles. The van der Waals surface area contributed by atoms with Crippen LogP contribution in [0.4, 0.5) is 5.69 Å². The van der Waals surface area contributed by atoms with E-state index >= 15 is 0 Å². The van der Waals surface area contributed by atoms with E-state index in [-0.39, 0.29) is 16.1 Å². The predicted molar refractivity (Wildman–Crippen MR) is 149 cm³/mol. The Morgan fingerprint density at radius 3 is 2.41 bits per heavy atom. The number of nitrogens with zero attached hydrogens (tertiary/aromatic N) is 1. The molecule has 0 aromatic heterocycles. The van der Waals surface area contributed by atoms with Crippen LogP contribution in [0, 0.1) is 0 Å². The van der Waals surface area contributed by atoms with Crippen molar-refractivity contribution in [3.63, 3.8) is 0 Å². The Morgan fingerprint density at radius 1 is 0.946 bits per heavy atom. The van der Waals surface area contributed by atoms with E-state index in [0.717, 1.165) is 10.0 Å². The van der Waals surface area contributed by atoms with Gasteiger partial charge in [-0.2, -0.15) is 5.10 Å². The third-order valence-electron chi connectivity index (χ3n) is 5.12. The van der Waals surface area contributed by atoms with Crippen molar-refractivity contribution in [3.05, 3.63) is 123 Å². The van der Waals surface area contributed by atoms with Gasteiger partial charge in [0.2, 0.25) is 0 Å². The molecule has 0 spiro atoms. The number of hydrazone groups is 1. The monoisotopic (exact) mass is 597 g/mol. The average molecular weight is 599 g/mol. The number of anilines is 1. The number of hydrogen-bond acceptors (Lipinski definition) is 5. The number of amides is 1. The molecule has 188 valence electrons. The number of hydrogen-bond donors (Lipinski definition) is 2. The molecule has 4 aromatic rings. The van der Waals surface area contributed by atoms with Crippen LogP contribution in [0.15, 0.2) is 112 Å².